The Bertz CT molecular complexity index is 747. The Hall–Kier alpha value is -2.18. The van der Waals surface area contributed by atoms with Gasteiger partial charge in [-0.15, -0.1) is 0 Å². The molecule has 1 aromatic carbocycles. The first-order valence-electron chi connectivity index (χ1n) is 7.68. The summed E-state index contributed by atoms with van der Waals surface area (Å²) in [6.45, 7) is 0.782. The van der Waals surface area contributed by atoms with Crippen LogP contribution in [0, 0.1) is 0 Å². The number of aromatic nitrogens is 1. The van der Waals surface area contributed by atoms with E-state index >= 15 is 0 Å². The highest BCUT2D eigenvalue weighted by molar-refractivity contribution is 6.04. The van der Waals surface area contributed by atoms with Crippen LogP contribution in [0.2, 0.25) is 0 Å². The van der Waals surface area contributed by atoms with Gasteiger partial charge in [-0.05, 0) is 18.1 Å². The molecule has 0 bridgehead atoms. The summed E-state index contributed by atoms with van der Waals surface area (Å²) in [5.74, 6) is 1.36. The maximum Gasteiger partial charge on any atom is 0.188 e. The SMILES string of the molecule is COCOc1cccc(C2CO2)c1-c1noc2c1C(=O)CCC2. The highest BCUT2D eigenvalue weighted by Crippen LogP contribution is 2.44. The van der Waals surface area contributed by atoms with Crippen LogP contribution >= 0.6 is 0 Å². The second-order valence-electron chi connectivity index (χ2n) is 5.70. The number of ketones is 1. The Morgan fingerprint density at radius 1 is 1.30 bits per heavy atom. The number of ether oxygens (including phenoxy) is 3. The van der Waals surface area contributed by atoms with Gasteiger partial charge in [-0.1, -0.05) is 17.3 Å². The van der Waals surface area contributed by atoms with E-state index in [2.05, 4.69) is 5.16 Å². The molecule has 2 aromatic rings. The molecule has 1 saturated heterocycles. The van der Waals surface area contributed by atoms with E-state index in [4.69, 9.17) is 18.7 Å². The van der Waals surface area contributed by atoms with Crippen LogP contribution in [0.4, 0.5) is 0 Å². The van der Waals surface area contributed by atoms with Crippen molar-refractivity contribution in [1.82, 2.24) is 5.16 Å². The molecular formula is C17H17NO5. The average Bonchev–Trinajstić information content (AvgIpc) is 3.32. The van der Waals surface area contributed by atoms with E-state index in [1.54, 1.807) is 7.11 Å². The summed E-state index contributed by atoms with van der Waals surface area (Å²) in [6.07, 6.45) is 2.09. The van der Waals surface area contributed by atoms with Gasteiger partial charge in [-0.3, -0.25) is 4.79 Å². The summed E-state index contributed by atoms with van der Waals surface area (Å²) in [4.78, 5) is 12.4. The number of fused-ring (bicyclic) bond motifs is 1. The molecule has 0 N–H and O–H groups in total. The van der Waals surface area contributed by atoms with E-state index in [1.807, 2.05) is 18.2 Å². The number of carbonyl (C=O) groups excluding carboxylic acids is 1. The number of nitrogens with zero attached hydrogens (tertiary/aromatic N) is 1. The minimum absolute atomic E-state index is 0.0159. The zero-order chi connectivity index (χ0) is 15.8. The molecule has 1 fully saturated rings. The molecule has 2 heterocycles. The van der Waals surface area contributed by atoms with Gasteiger partial charge in [0, 0.05) is 20.0 Å². The van der Waals surface area contributed by atoms with E-state index in [0.717, 1.165) is 24.0 Å². The van der Waals surface area contributed by atoms with Gasteiger partial charge in [-0.2, -0.15) is 0 Å². The van der Waals surface area contributed by atoms with E-state index in [9.17, 15) is 4.79 Å². The number of hydrogen-bond acceptors (Lipinski definition) is 6. The standard InChI is InChI=1S/C17H17NO5/c1-20-9-22-12-6-2-4-10(14-8-21-14)15(12)17-16-11(19)5-3-7-13(16)23-18-17/h2,4,6,14H,3,5,7-9H2,1H3. The largest absolute Gasteiger partial charge is 0.467 e. The third kappa shape index (κ3) is 2.54. The summed E-state index contributed by atoms with van der Waals surface area (Å²) < 4.78 is 21.5. The molecule has 6 heteroatoms. The van der Waals surface area contributed by atoms with Crippen LogP contribution in [0.5, 0.6) is 5.75 Å². The first-order chi connectivity index (χ1) is 11.3. The third-order valence-electron chi connectivity index (χ3n) is 4.16. The van der Waals surface area contributed by atoms with Crippen molar-refractivity contribution in [2.45, 2.75) is 25.4 Å². The van der Waals surface area contributed by atoms with E-state index in [-0.39, 0.29) is 18.7 Å². The van der Waals surface area contributed by atoms with Gasteiger partial charge in [0.25, 0.3) is 0 Å². The molecule has 4 rings (SSSR count). The van der Waals surface area contributed by atoms with Gasteiger partial charge >= 0.3 is 0 Å². The monoisotopic (exact) mass is 315 g/mol. The third-order valence-corrected chi connectivity index (χ3v) is 4.16. The molecule has 0 amide bonds. The fourth-order valence-corrected chi connectivity index (χ4v) is 3.03. The fraction of sp³-hybridized carbons (Fsp3) is 0.412. The van der Waals surface area contributed by atoms with E-state index in [0.29, 0.717) is 35.8 Å². The lowest BCUT2D eigenvalue weighted by Crippen LogP contribution is -2.10. The average molecular weight is 315 g/mol. The van der Waals surface area contributed by atoms with Gasteiger partial charge in [0.15, 0.2) is 12.6 Å². The first kappa shape index (κ1) is 14.4. The van der Waals surface area contributed by atoms with Crippen LogP contribution in [0.1, 0.15) is 40.6 Å². The van der Waals surface area contributed by atoms with Crippen LogP contribution in [0.25, 0.3) is 11.3 Å². The van der Waals surface area contributed by atoms with Crippen molar-refractivity contribution in [3.8, 4) is 17.0 Å². The van der Waals surface area contributed by atoms with Gasteiger partial charge < -0.3 is 18.7 Å². The molecule has 0 spiro atoms. The Morgan fingerprint density at radius 3 is 2.96 bits per heavy atom. The Kier molecular flexibility index (Phi) is 3.63. The second-order valence-corrected chi connectivity index (χ2v) is 5.70. The molecule has 1 aromatic heterocycles. The number of hydrogen-bond donors (Lipinski definition) is 0. The Balaban J connectivity index is 1.87. The van der Waals surface area contributed by atoms with Crippen molar-refractivity contribution in [2.24, 2.45) is 0 Å². The molecule has 6 nitrogen and oxygen atoms in total. The van der Waals surface area contributed by atoms with Crippen molar-refractivity contribution < 1.29 is 23.5 Å². The fourth-order valence-electron chi connectivity index (χ4n) is 3.03. The summed E-state index contributed by atoms with van der Waals surface area (Å²) in [5.41, 5.74) is 2.88. The predicted molar refractivity (Wildman–Crippen MR) is 80.4 cm³/mol. The maximum atomic E-state index is 12.4. The highest BCUT2D eigenvalue weighted by atomic mass is 16.7. The van der Waals surface area contributed by atoms with Crippen LogP contribution in [0.15, 0.2) is 22.7 Å². The van der Waals surface area contributed by atoms with Crippen LogP contribution in [0.3, 0.4) is 0 Å². The Labute approximate surface area is 133 Å². The van der Waals surface area contributed by atoms with Crippen molar-refractivity contribution in [1.29, 1.82) is 0 Å². The predicted octanol–water partition coefficient (Wildman–Crippen LogP) is 2.91. The number of Topliss-reactive ketones (excluding diaryl/α,β-unsaturated/α-hetero) is 1. The lowest BCUT2D eigenvalue weighted by atomic mass is 9.90. The molecule has 1 unspecified atom stereocenters. The normalized spacial score (nSPS) is 19.5. The minimum Gasteiger partial charge on any atom is -0.467 e. The molecular weight excluding hydrogens is 298 g/mol. The van der Waals surface area contributed by atoms with Crippen molar-refractivity contribution >= 4 is 5.78 Å². The van der Waals surface area contributed by atoms with Crippen LogP contribution in [-0.4, -0.2) is 31.4 Å². The van der Waals surface area contributed by atoms with Crippen molar-refractivity contribution in [3.63, 3.8) is 0 Å². The van der Waals surface area contributed by atoms with Gasteiger partial charge in [0.1, 0.15) is 23.3 Å². The molecule has 1 aliphatic carbocycles. The molecule has 120 valence electrons. The Morgan fingerprint density at radius 2 is 2.17 bits per heavy atom. The van der Waals surface area contributed by atoms with Crippen LogP contribution in [-0.2, 0) is 15.9 Å². The molecule has 1 atom stereocenters. The molecule has 0 saturated carbocycles. The summed E-state index contributed by atoms with van der Waals surface area (Å²) in [7, 11) is 1.56. The minimum atomic E-state index is 0.0159. The zero-order valence-corrected chi connectivity index (χ0v) is 12.8. The number of rotatable bonds is 5. The lowest BCUT2D eigenvalue weighted by molar-refractivity contribution is 0.0514. The number of aryl methyl sites for hydroxylation is 1. The van der Waals surface area contributed by atoms with E-state index < -0.39 is 0 Å². The van der Waals surface area contributed by atoms with Crippen LogP contribution < -0.4 is 4.74 Å². The number of carbonyl (C=O) groups is 1. The summed E-state index contributed by atoms with van der Waals surface area (Å²) >= 11 is 0. The van der Waals surface area contributed by atoms with Crippen molar-refractivity contribution in [2.75, 3.05) is 20.5 Å². The van der Waals surface area contributed by atoms with Gasteiger partial charge in [-0.25, -0.2) is 0 Å². The summed E-state index contributed by atoms with van der Waals surface area (Å²) in [6, 6.07) is 5.72. The molecule has 1 aliphatic heterocycles. The first-order valence-corrected chi connectivity index (χ1v) is 7.68. The van der Waals surface area contributed by atoms with E-state index in [1.165, 1.54) is 0 Å². The summed E-state index contributed by atoms with van der Waals surface area (Å²) in [5, 5.41) is 4.19. The number of methoxy groups -OCH3 is 1. The second kappa shape index (κ2) is 5.79. The topological polar surface area (TPSA) is 74.1 Å². The molecule has 2 aliphatic rings. The lowest BCUT2D eigenvalue weighted by Gasteiger charge is -2.14. The molecule has 23 heavy (non-hydrogen) atoms. The number of epoxide rings is 1. The molecule has 0 radical (unpaired) electrons. The highest BCUT2D eigenvalue weighted by Gasteiger charge is 2.34. The smallest absolute Gasteiger partial charge is 0.188 e. The number of benzene rings is 1. The van der Waals surface area contributed by atoms with Gasteiger partial charge in [0.2, 0.25) is 0 Å². The van der Waals surface area contributed by atoms with Gasteiger partial charge in [0.05, 0.1) is 17.7 Å². The quantitative estimate of drug-likeness (QED) is 0.624. The maximum absolute atomic E-state index is 12.4. The van der Waals surface area contributed by atoms with Crippen molar-refractivity contribution in [3.05, 3.63) is 35.1 Å². The zero-order valence-electron chi connectivity index (χ0n) is 12.8.